The molecule has 0 saturated carbocycles. The van der Waals surface area contributed by atoms with Crippen LogP contribution in [0.5, 0.6) is 0 Å². The first-order valence-corrected chi connectivity index (χ1v) is 3.45. The second-order valence-corrected chi connectivity index (χ2v) is 2.69. The minimum absolute atomic E-state index is 0.0677. The molecular formula is C5H9IO2. The van der Waals surface area contributed by atoms with Gasteiger partial charge in [-0.2, -0.15) is 0 Å². The highest BCUT2D eigenvalue weighted by Crippen LogP contribution is 2.08. The third-order valence-electron chi connectivity index (χ3n) is 0.663. The van der Waals surface area contributed by atoms with Crippen molar-refractivity contribution in [3.63, 3.8) is 0 Å². The number of aliphatic hydroxyl groups excluding tert-OH is 2. The van der Waals surface area contributed by atoms with Crippen LogP contribution in [-0.2, 0) is 0 Å². The van der Waals surface area contributed by atoms with Crippen LogP contribution in [0.1, 0.15) is 6.42 Å². The lowest BCUT2D eigenvalue weighted by atomic mass is 10.4. The highest BCUT2D eigenvalue weighted by Gasteiger charge is 1.85. The number of rotatable bonds is 3. The fraction of sp³-hybridized carbons (Fsp3) is 0.600. The Morgan fingerprint density at radius 1 is 1.50 bits per heavy atom. The lowest BCUT2D eigenvalue weighted by molar-refractivity contribution is 0.301. The smallest absolute Gasteiger partial charge is 0.0622 e. The molecule has 0 spiro atoms. The second-order valence-electron chi connectivity index (χ2n) is 1.31. The van der Waals surface area contributed by atoms with Crippen molar-refractivity contribution in [1.29, 1.82) is 0 Å². The monoisotopic (exact) mass is 228 g/mol. The van der Waals surface area contributed by atoms with Crippen LogP contribution in [0.15, 0.2) is 9.66 Å². The molecule has 0 saturated heterocycles. The molecule has 0 aromatic carbocycles. The summed E-state index contributed by atoms with van der Waals surface area (Å²) in [7, 11) is 0. The van der Waals surface area contributed by atoms with Gasteiger partial charge in [0.2, 0.25) is 0 Å². The molecule has 0 aromatic heterocycles. The Morgan fingerprint density at radius 2 is 2.12 bits per heavy atom. The van der Waals surface area contributed by atoms with Crippen molar-refractivity contribution >= 4 is 22.6 Å². The van der Waals surface area contributed by atoms with Gasteiger partial charge in [-0.15, -0.1) is 0 Å². The van der Waals surface area contributed by atoms with Crippen LogP contribution in [0.2, 0.25) is 0 Å². The molecule has 0 aliphatic rings. The summed E-state index contributed by atoms with van der Waals surface area (Å²) in [6.45, 7) is 0.229. The predicted molar refractivity (Wildman–Crippen MR) is 40.9 cm³/mol. The van der Waals surface area contributed by atoms with Crippen molar-refractivity contribution in [2.75, 3.05) is 13.2 Å². The van der Waals surface area contributed by atoms with E-state index in [0.717, 1.165) is 3.58 Å². The Balaban J connectivity index is 3.29. The number of hydrogen-bond donors (Lipinski definition) is 2. The zero-order chi connectivity index (χ0) is 6.41. The van der Waals surface area contributed by atoms with Gasteiger partial charge in [0.1, 0.15) is 0 Å². The third-order valence-corrected chi connectivity index (χ3v) is 1.64. The molecule has 0 aliphatic heterocycles. The molecule has 0 heterocycles. The van der Waals surface area contributed by atoms with Crippen molar-refractivity contribution in [1.82, 2.24) is 0 Å². The normalized spacial score (nSPS) is 12.1. The molecular weight excluding hydrogens is 219 g/mol. The van der Waals surface area contributed by atoms with E-state index < -0.39 is 0 Å². The molecule has 2 nitrogen and oxygen atoms in total. The molecule has 2 N–H and O–H groups in total. The Kier molecular flexibility index (Phi) is 5.79. The SMILES string of the molecule is OC/C=C(\I)CCO. The maximum Gasteiger partial charge on any atom is 0.0622 e. The zero-order valence-electron chi connectivity index (χ0n) is 4.47. The van der Waals surface area contributed by atoms with Crippen molar-refractivity contribution in [3.05, 3.63) is 9.66 Å². The van der Waals surface area contributed by atoms with Crippen LogP contribution < -0.4 is 0 Å². The molecule has 0 radical (unpaired) electrons. The largest absolute Gasteiger partial charge is 0.396 e. The van der Waals surface area contributed by atoms with E-state index in [-0.39, 0.29) is 13.2 Å². The molecule has 0 amide bonds. The predicted octanol–water partition coefficient (Wildman–Crippen LogP) is 0.680. The van der Waals surface area contributed by atoms with Gasteiger partial charge in [0, 0.05) is 13.0 Å². The van der Waals surface area contributed by atoms with E-state index in [1.165, 1.54) is 0 Å². The van der Waals surface area contributed by atoms with Crippen LogP contribution in [0.4, 0.5) is 0 Å². The Bertz CT molecular complexity index is 80.5. The highest BCUT2D eigenvalue weighted by atomic mass is 127. The van der Waals surface area contributed by atoms with E-state index in [0.29, 0.717) is 6.42 Å². The van der Waals surface area contributed by atoms with Crippen molar-refractivity contribution < 1.29 is 10.2 Å². The maximum absolute atomic E-state index is 8.34. The van der Waals surface area contributed by atoms with Gasteiger partial charge in [-0.05, 0) is 32.2 Å². The van der Waals surface area contributed by atoms with E-state index in [1.54, 1.807) is 6.08 Å². The molecule has 0 aromatic rings. The quantitative estimate of drug-likeness (QED) is 0.697. The molecule has 0 bridgehead atoms. The summed E-state index contributed by atoms with van der Waals surface area (Å²) in [6, 6.07) is 0. The lowest BCUT2D eigenvalue weighted by Crippen LogP contribution is -1.82. The van der Waals surface area contributed by atoms with E-state index in [2.05, 4.69) is 22.6 Å². The highest BCUT2D eigenvalue weighted by molar-refractivity contribution is 14.1. The topological polar surface area (TPSA) is 40.5 Å². The molecule has 0 aliphatic carbocycles. The van der Waals surface area contributed by atoms with Gasteiger partial charge in [0.25, 0.3) is 0 Å². The number of halogens is 1. The summed E-state index contributed by atoms with van der Waals surface area (Å²) >= 11 is 2.08. The summed E-state index contributed by atoms with van der Waals surface area (Å²) < 4.78 is 1.01. The van der Waals surface area contributed by atoms with Crippen LogP contribution in [0.3, 0.4) is 0 Å². The Labute approximate surface area is 62.4 Å². The van der Waals surface area contributed by atoms with Crippen LogP contribution in [-0.4, -0.2) is 23.4 Å². The van der Waals surface area contributed by atoms with Crippen molar-refractivity contribution in [3.8, 4) is 0 Å². The summed E-state index contributed by atoms with van der Waals surface area (Å²) in [5, 5.41) is 16.6. The molecule has 0 unspecified atom stereocenters. The summed E-state index contributed by atoms with van der Waals surface area (Å²) in [5.74, 6) is 0. The first-order valence-electron chi connectivity index (χ1n) is 2.37. The Hall–Kier alpha value is 0.390. The van der Waals surface area contributed by atoms with Crippen molar-refractivity contribution in [2.45, 2.75) is 6.42 Å². The van der Waals surface area contributed by atoms with E-state index in [4.69, 9.17) is 10.2 Å². The molecule has 0 atom stereocenters. The lowest BCUT2D eigenvalue weighted by Gasteiger charge is -1.90. The summed E-state index contributed by atoms with van der Waals surface area (Å²) in [5.41, 5.74) is 0. The Morgan fingerprint density at radius 3 is 2.50 bits per heavy atom. The maximum atomic E-state index is 8.34. The van der Waals surface area contributed by atoms with E-state index in [1.807, 2.05) is 0 Å². The molecule has 8 heavy (non-hydrogen) atoms. The van der Waals surface area contributed by atoms with Gasteiger partial charge in [0.15, 0.2) is 0 Å². The fourth-order valence-corrected chi connectivity index (χ4v) is 0.746. The van der Waals surface area contributed by atoms with E-state index >= 15 is 0 Å². The fourth-order valence-electron chi connectivity index (χ4n) is 0.308. The second kappa shape index (κ2) is 5.53. The first kappa shape index (κ1) is 8.39. The third kappa shape index (κ3) is 4.55. The average Bonchev–Trinajstić information content (AvgIpc) is 1.68. The van der Waals surface area contributed by atoms with Gasteiger partial charge in [-0.3, -0.25) is 0 Å². The standard InChI is InChI=1S/C5H9IO2/c6-5(1-3-7)2-4-8/h1,7-8H,2-4H2/b5-1-. The van der Waals surface area contributed by atoms with Crippen LogP contribution in [0, 0.1) is 0 Å². The molecule has 48 valence electrons. The van der Waals surface area contributed by atoms with E-state index in [9.17, 15) is 0 Å². The average molecular weight is 228 g/mol. The first-order chi connectivity index (χ1) is 3.81. The van der Waals surface area contributed by atoms with Gasteiger partial charge >= 0.3 is 0 Å². The van der Waals surface area contributed by atoms with Crippen LogP contribution in [0.25, 0.3) is 0 Å². The van der Waals surface area contributed by atoms with Crippen molar-refractivity contribution in [2.24, 2.45) is 0 Å². The number of aliphatic hydroxyl groups is 2. The molecule has 0 fully saturated rings. The number of hydrogen-bond acceptors (Lipinski definition) is 2. The molecule has 3 heteroatoms. The zero-order valence-corrected chi connectivity index (χ0v) is 6.63. The van der Waals surface area contributed by atoms with Gasteiger partial charge in [-0.25, -0.2) is 0 Å². The minimum atomic E-state index is 0.0677. The van der Waals surface area contributed by atoms with Gasteiger partial charge in [0.05, 0.1) is 6.61 Å². The van der Waals surface area contributed by atoms with Gasteiger partial charge in [-0.1, -0.05) is 0 Å². The minimum Gasteiger partial charge on any atom is -0.396 e. The summed E-state index contributed by atoms with van der Waals surface area (Å²) in [6.07, 6.45) is 2.33. The van der Waals surface area contributed by atoms with Gasteiger partial charge < -0.3 is 10.2 Å². The summed E-state index contributed by atoms with van der Waals surface area (Å²) in [4.78, 5) is 0. The van der Waals surface area contributed by atoms with Crippen LogP contribution >= 0.6 is 22.6 Å². The molecule has 0 rings (SSSR count).